The minimum atomic E-state index is -0.209. The van der Waals surface area contributed by atoms with Crippen LogP contribution in [0.15, 0.2) is 54.6 Å². The van der Waals surface area contributed by atoms with Crippen LogP contribution in [0.2, 0.25) is 0 Å². The molecule has 0 bridgehead atoms. The molecule has 0 atom stereocenters. The van der Waals surface area contributed by atoms with E-state index >= 15 is 0 Å². The predicted molar refractivity (Wildman–Crippen MR) is 84.7 cm³/mol. The fourth-order valence-electron chi connectivity index (χ4n) is 1.86. The molecule has 0 heterocycles. The lowest BCUT2D eigenvalue weighted by Crippen LogP contribution is -2.35. The zero-order chi connectivity index (χ0) is 14.9. The molecule has 0 radical (unpaired) electrons. The standard InChI is InChI=1S/C18H18N2O/c1-15-7-5-10-17(13-15)14-20-18(21)19-12-6-11-16-8-3-2-4-9-16/h2-5,7-10,13H,12,14H2,1H3,(H2,19,20,21). The fraction of sp³-hybridized carbons (Fsp3) is 0.167. The molecule has 0 aliphatic rings. The van der Waals surface area contributed by atoms with Crippen LogP contribution < -0.4 is 10.6 Å². The molecule has 0 unspecified atom stereocenters. The van der Waals surface area contributed by atoms with Crippen LogP contribution in [-0.4, -0.2) is 12.6 Å². The monoisotopic (exact) mass is 278 g/mol. The van der Waals surface area contributed by atoms with Crippen molar-refractivity contribution >= 4 is 6.03 Å². The Hall–Kier alpha value is -2.73. The summed E-state index contributed by atoms with van der Waals surface area (Å²) in [4.78, 5) is 11.6. The summed E-state index contributed by atoms with van der Waals surface area (Å²) in [5.41, 5.74) is 3.21. The van der Waals surface area contributed by atoms with Crippen molar-refractivity contribution in [3.05, 3.63) is 71.3 Å². The van der Waals surface area contributed by atoms with Gasteiger partial charge in [0, 0.05) is 12.1 Å². The first-order valence-corrected chi connectivity index (χ1v) is 6.85. The Balaban J connectivity index is 1.72. The molecule has 0 spiro atoms. The maximum absolute atomic E-state index is 11.6. The van der Waals surface area contributed by atoms with Gasteiger partial charge in [-0.05, 0) is 24.6 Å². The second-order valence-corrected chi connectivity index (χ2v) is 4.69. The summed E-state index contributed by atoms with van der Waals surface area (Å²) >= 11 is 0. The van der Waals surface area contributed by atoms with Crippen LogP contribution in [-0.2, 0) is 6.54 Å². The van der Waals surface area contributed by atoms with Crippen LogP contribution in [0.25, 0.3) is 0 Å². The Bertz CT molecular complexity index is 654. The van der Waals surface area contributed by atoms with E-state index in [0.29, 0.717) is 13.1 Å². The van der Waals surface area contributed by atoms with Crippen molar-refractivity contribution < 1.29 is 4.79 Å². The number of nitrogens with one attached hydrogen (secondary N) is 2. The summed E-state index contributed by atoms with van der Waals surface area (Å²) in [5.74, 6) is 5.91. The minimum absolute atomic E-state index is 0.209. The van der Waals surface area contributed by atoms with Gasteiger partial charge in [0.1, 0.15) is 0 Å². The Kier molecular flexibility index (Phi) is 5.42. The highest BCUT2D eigenvalue weighted by Gasteiger charge is 1.98. The fourth-order valence-corrected chi connectivity index (χ4v) is 1.86. The number of hydrogen-bond acceptors (Lipinski definition) is 1. The van der Waals surface area contributed by atoms with E-state index in [-0.39, 0.29) is 6.03 Å². The summed E-state index contributed by atoms with van der Waals surface area (Å²) in [6, 6.07) is 17.5. The van der Waals surface area contributed by atoms with Crippen molar-refractivity contribution in [2.24, 2.45) is 0 Å². The summed E-state index contributed by atoms with van der Waals surface area (Å²) in [6.07, 6.45) is 0. The maximum Gasteiger partial charge on any atom is 0.315 e. The molecule has 0 fully saturated rings. The zero-order valence-corrected chi connectivity index (χ0v) is 12.0. The van der Waals surface area contributed by atoms with E-state index in [9.17, 15) is 4.79 Å². The molecule has 2 rings (SSSR count). The third-order valence-corrected chi connectivity index (χ3v) is 2.88. The molecule has 0 aliphatic heterocycles. The Morgan fingerprint density at radius 2 is 1.86 bits per heavy atom. The first-order chi connectivity index (χ1) is 10.2. The number of amides is 2. The average Bonchev–Trinajstić information content (AvgIpc) is 2.51. The predicted octanol–water partition coefficient (Wildman–Crippen LogP) is 2.85. The number of hydrogen-bond donors (Lipinski definition) is 2. The van der Waals surface area contributed by atoms with Crippen molar-refractivity contribution in [1.82, 2.24) is 10.6 Å². The lowest BCUT2D eigenvalue weighted by atomic mass is 10.1. The van der Waals surface area contributed by atoms with Gasteiger partial charge in [0.05, 0.1) is 6.54 Å². The molecular weight excluding hydrogens is 260 g/mol. The average molecular weight is 278 g/mol. The van der Waals surface area contributed by atoms with Gasteiger partial charge < -0.3 is 10.6 Å². The molecule has 0 aromatic heterocycles. The van der Waals surface area contributed by atoms with Crippen molar-refractivity contribution in [3.8, 4) is 11.8 Å². The van der Waals surface area contributed by atoms with Gasteiger partial charge in [-0.3, -0.25) is 0 Å². The van der Waals surface area contributed by atoms with Gasteiger partial charge in [0.2, 0.25) is 0 Å². The summed E-state index contributed by atoms with van der Waals surface area (Å²) in [5, 5.41) is 5.52. The van der Waals surface area contributed by atoms with E-state index in [4.69, 9.17) is 0 Å². The lowest BCUT2D eigenvalue weighted by Gasteiger charge is -2.06. The van der Waals surface area contributed by atoms with E-state index < -0.39 is 0 Å². The largest absolute Gasteiger partial charge is 0.334 e. The highest BCUT2D eigenvalue weighted by atomic mass is 16.2. The van der Waals surface area contributed by atoms with Crippen LogP contribution in [0.5, 0.6) is 0 Å². The molecule has 2 aromatic carbocycles. The summed E-state index contributed by atoms with van der Waals surface area (Å²) in [7, 11) is 0. The second kappa shape index (κ2) is 7.76. The quantitative estimate of drug-likeness (QED) is 0.833. The molecule has 2 aromatic rings. The third-order valence-electron chi connectivity index (χ3n) is 2.88. The molecule has 2 N–H and O–H groups in total. The third kappa shape index (κ3) is 5.42. The Morgan fingerprint density at radius 1 is 1.05 bits per heavy atom. The maximum atomic E-state index is 11.6. The van der Waals surface area contributed by atoms with Crippen LogP contribution in [0.1, 0.15) is 16.7 Å². The summed E-state index contributed by atoms with van der Waals surface area (Å²) in [6.45, 7) is 2.87. The van der Waals surface area contributed by atoms with Gasteiger partial charge in [-0.25, -0.2) is 4.79 Å². The molecule has 0 saturated heterocycles. The Morgan fingerprint density at radius 3 is 2.62 bits per heavy atom. The molecule has 2 amide bonds. The van der Waals surface area contributed by atoms with E-state index in [2.05, 4.69) is 28.5 Å². The van der Waals surface area contributed by atoms with Gasteiger partial charge in [-0.2, -0.15) is 0 Å². The first-order valence-electron chi connectivity index (χ1n) is 6.85. The van der Waals surface area contributed by atoms with Gasteiger partial charge in [0.15, 0.2) is 0 Å². The Labute approximate surface area is 125 Å². The number of rotatable bonds is 3. The number of carbonyl (C=O) groups excluding carboxylic acids is 1. The first kappa shape index (κ1) is 14.7. The van der Waals surface area contributed by atoms with Crippen LogP contribution >= 0.6 is 0 Å². The topological polar surface area (TPSA) is 41.1 Å². The van der Waals surface area contributed by atoms with Crippen LogP contribution in [0.4, 0.5) is 4.79 Å². The van der Waals surface area contributed by atoms with Crippen molar-refractivity contribution in [3.63, 3.8) is 0 Å². The smallest absolute Gasteiger partial charge is 0.315 e. The number of urea groups is 1. The van der Waals surface area contributed by atoms with Crippen molar-refractivity contribution in [1.29, 1.82) is 0 Å². The highest BCUT2D eigenvalue weighted by molar-refractivity contribution is 5.74. The normalized spacial score (nSPS) is 9.38. The van der Waals surface area contributed by atoms with E-state index in [1.165, 1.54) is 5.56 Å². The molecule has 3 heteroatoms. The molecule has 106 valence electrons. The van der Waals surface area contributed by atoms with Crippen molar-refractivity contribution in [2.45, 2.75) is 13.5 Å². The van der Waals surface area contributed by atoms with E-state index in [1.807, 2.05) is 55.5 Å². The molecule has 3 nitrogen and oxygen atoms in total. The molecule has 21 heavy (non-hydrogen) atoms. The lowest BCUT2D eigenvalue weighted by molar-refractivity contribution is 0.241. The second-order valence-electron chi connectivity index (χ2n) is 4.69. The highest BCUT2D eigenvalue weighted by Crippen LogP contribution is 2.02. The summed E-state index contributed by atoms with van der Waals surface area (Å²) < 4.78 is 0. The number of carbonyl (C=O) groups is 1. The van der Waals surface area contributed by atoms with Crippen LogP contribution in [0.3, 0.4) is 0 Å². The van der Waals surface area contributed by atoms with Gasteiger partial charge in [0.25, 0.3) is 0 Å². The number of benzene rings is 2. The van der Waals surface area contributed by atoms with E-state index in [1.54, 1.807) is 0 Å². The van der Waals surface area contributed by atoms with Crippen molar-refractivity contribution in [2.75, 3.05) is 6.54 Å². The van der Waals surface area contributed by atoms with Gasteiger partial charge in [-0.15, -0.1) is 0 Å². The SMILES string of the molecule is Cc1cccc(CNC(=O)NCC#Cc2ccccc2)c1. The van der Waals surface area contributed by atoms with Gasteiger partial charge >= 0.3 is 6.03 Å². The molecular formula is C18H18N2O. The van der Waals surface area contributed by atoms with Crippen LogP contribution in [0, 0.1) is 18.8 Å². The molecule has 0 aliphatic carbocycles. The zero-order valence-electron chi connectivity index (χ0n) is 12.0. The van der Waals surface area contributed by atoms with Gasteiger partial charge in [-0.1, -0.05) is 59.9 Å². The minimum Gasteiger partial charge on any atom is -0.334 e. The van der Waals surface area contributed by atoms with E-state index in [0.717, 1.165) is 11.1 Å². The molecule has 0 saturated carbocycles. The number of aryl methyl sites for hydroxylation is 1.